The molecule has 1 saturated carbocycles. The van der Waals surface area contributed by atoms with Crippen LogP contribution in [0.5, 0.6) is 0 Å². The zero-order chi connectivity index (χ0) is 8.81. The number of hydrogen-bond donors (Lipinski definition) is 1. The van der Waals surface area contributed by atoms with Gasteiger partial charge in [0.1, 0.15) is 0 Å². The molecule has 74 valence electrons. The summed E-state index contributed by atoms with van der Waals surface area (Å²) in [6, 6.07) is 0. The third kappa shape index (κ3) is 3.60. The third-order valence-electron chi connectivity index (χ3n) is 2.74. The second kappa shape index (κ2) is 6.19. The molecule has 0 spiro atoms. The van der Waals surface area contributed by atoms with Crippen LogP contribution in [0.2, 0.25) is 0 Å². The predicted octanol–water partition coefficient (Wildman–Crippen LogP) is 3.50. The fraction of sp³-hybridized carbons (Fsp3) is 1.00. The summed E-state index contributed by atoms with van der Waals surface area (Å²) in [6.07, 6.45) is 10.2. The fourth-order valence-corrected chi connectivity index (χ4v) is 5.63. The molecule has 0 saturated heterocycles. The van der Waals surface area contributed by atoms with Gasteiger partial charge in [-0.05, 0) is 0 Å². The van der Waals surface area contributed by atoms with E-state index in [1.165, 1.54) is 49.4 Å². The number of hydrogen-bond acceptors (Lipinski definition) is 1. The Labute approximate surface area is 84.2 Å². The minimum atomic E-state index is -0.976. The van der Waals surface area contributed by atoms with Crippen molar-refractivity contribution in [1.82, 2.24) is 0 Å². The Morgan fingerprint density at radius 3 is 2.08 bits per heavy atom. The molecule has 0 atom stereocenters. The van der Waals surface area contributed by atoms with Crippen LogP contribution >= 0.6 is 20.1 Å². The van der Waals surface area contributed by atoms with Crippen molar-refractivity contribution in [2.45, 2.75) is 55.8 Å². The van der Waals surface area contributed by atoms with Crippen LogP contribution in [0.4, 0.5) is 0 Å². The van der Waals surface area contributed by atoms with Gasteiger partial charge in [0.15, 0.2) is 0 Å². The van der Waals surface area contributed by atoms with Gasteiger partial charge in [-0.1, -0.05) is 0 Å². The summed E-state index contributed by atoms with van der Waals surface area (Å²) in [6.45, 7) is 2.28. The van der Waals surface area contributed by atoms with Crippen molar-refractivity contribution in [2.75, 3.05) is 4.43 Å². The van der Waals surface area contributed by atoms with Gasteiger partial charge in [-0.15, -0.1) is 0 Å². The summed E-state index contributed by atoms with van der Waals surface area (Å²) >= 11 is -0.976. The Hall–Kier alpha value is 0.690. The Kier molecular flexibility index (Phi) is 5.56. The first-order chi connectivity index (χ1) is 5.84. The van der Waals surface area contributed by atoms with Crippen molar-refractivity contribution in [3.05, 3.63) is 0 Å². The molecule has 2 heteroatoms. The van der Waals surface area contributed by atoms with Gasteiger partial charge >= 0.3 is 84.3 Å². The molecule has 0 amide bonds. The second-order valence-electron chi connectivity index (χ2n) is 3.64. The Morgan fingerprint density at radius 2 is 1.58 bits per heavy atom. The molecule has 1 nitrogen and oxygen atoms in total. The molecule has 0 aromatic heterocycles. The monoisotopic (exact) mass is 283 g/mol. The molecule has 2 N–H and O–H groups in total. The fourth-order valence-electron chi connectivity index (χ4n) is 1.90. The first kappa shape index (κ1) is 10.8. The van der Waals surface area contributed by atoms with Gasteiger partial charge in [0.25, 0.3) is 0 Å². The summed E-state index contributed by atoms with van der Waals surface area (Å²) in [7, 11) is 0. The molecule has 1 fully saturated rings. The third-order valence-corrected chi connectivity index (χ3v) is 8.01. The van der Waals surface area contributed by atoms with E-state index in [1.807, 2.05) is 0 Å². The van der Waals surface area contributed by atoms with E-state index in [0.717, 1.165) is 3.92 Å². The van der Waals surface area contributed by atoms with Gasteiger partial charge in [0, 0.05) is 0 Å². The van der Waals surface area contributed by atoms with E-state index in [-0.39, 0.29) is 0 Å². The van der Waals surface area contributed by atoms with Gasteiger partial charge in [-0.2, -0.15) is 0 Å². The molecule has 0 aromatic rings. The first-order valence-corrected chi connectivity index (χ1v) is 9.24. The van der Waals surface area contributed by atoms with Gasteiger partial charge in [-0.25, -0.2) is 0 Å². The van der Waals surface area contributed by atoms with Crippen LogP contribution in [-0.4, -0.2) is 8.35 Å². The molecular weight excluding hydrogens is 261 g/mol. The number of nitrogens with two attached hydrogens (primary N) is 1. The van der Waals surface area contributed by atoms with Crippen molar-refractivity contribution in [2.24, 2.45) is 3.95 Å². The molecule has 0 radical (unpaired) electrons. The van der Waals surface area contributed by atoms with Crippen LogP contribution < -0.4 is 3.95 Å². The Bertz CT molecular complexity index is 108. The van der Waals surface area contributed by atoms with Gasteiger partial charge in [0.05, 0.1) is 0 Å². The summed E-state index contributed by atoms with van der Waals surface area (Å²) in [5, 5.41) is 0. The molecule has 0 bridgehead atoms. The number of halogens is 1. The van der Waals surface area contributed by atoms with E-state index in [9.17, 15) is 0 Å². The number of alkyl halides is 2. The zero-order valence-corrected chi connectivity index (χ0v) is 10.3. The zero-order valence-electron chi connectivity index (χ0n) is 8.19. The molecular formula is C10H22IN. The molecule has 1 aliphatic carbocycles. The molecule has 1 rings (SSSR count). The van der Waals surface area contributed by atoms with Crippen LogP contribution in [0.15, 0.2) is 0 Å². The van der Waals surface area contributed by atoms with Crippen LogP contribution in [0, 0.1) is 0 Å². The maximum atomic E-state index is 6.22. The first-order valence-electron chi connectivity index (χ1n) is 5.23. The minimum absolute atomic E-state index is 0.976. The molecule has 12 heavy (non-hydrogen) atoms. The van der Waals surface area contributed by atoms with Crippen LogP contribution in [0.1, 0.15) is 51.9 Å². The van der Waals surface area contributed by atoms with Crippen LogP contribution in [0.3, 0.4) is 0 Å². The van der Waals surface area contributed by atoms with E-state index in [4.69, 9.17) is 3.95 Å². The number of rotatable bonds is 2. The Balaban J connectivity index is 2.29. The van der Waals surface area contributed by atoms with Crippen molar-refractivity contribution in [1.29, 1.82) is 0 Å². The van der Waals surface area contributed by atoms with Crippen molar-refractivity contribution in [3.63, 3.8) is 0 Å². The normalized spacial score (nSPS) is 23.0. The summed E-state index contributed by atoms with van der Waals surface area (Å²) in [5.74, 6) is 0. The molecule has 0 aromatic carbocycles. The van der Waals surface area contributed by atoms with Gasteiger partial charge in [-0.3, -0.25) is 0 Å². The average Bonchev–Trinajstić information content (AvgIpc) is 2.02. The van der Waals surface area contributed by atoms with Crippen LogP contribution in [0.25, 0.3) is 0 Å². The van der Waals surface area contributed by atoms with E-state index in [2.05, 4.69) is 6.92 Å². The maximum absolute atomic E-state index is 6.22. The summed E-state index contributed by atoms with van der Waals surface area (Å²) < 4.78 is 8.52. The summed E-state index contributed by atoms with van der Waals surface area (Å²) in [5.41, 5.74) is 0. The summed E-state index contributed by atoms with van der Waals surface area (Å²) in [4.78, 5) is 0. The topological polar surface area (TPSA) is 26.0 Å². The van der Waals surface area contributed by atoms with Crippen molar-refractivity contribution >= 4 is 20.1 Å². The quantitative estimate of drug-likeness (QED) is 0.468. The van der Waals surface area contributed by atoms with Crippen molar-refractivity contribution in [3.8, 4) is 0 Å². The average molecular weight is 283 g/mol. The second-order valence-corrected chi connectivity index (χ2v) is 9.41. The molecule has 0 unspecified atom stereocenters. The van der Waals surface area contributed by atoms with Crippen LogP contribution in [-0.2, 0) is 0 Å². The van der Waals surface area contributed by atoms with E-state index in [0.29, 0.717) is 0 Å². The van der Waals surface area contributed by atoms with E-state index >= 15 is 0 Å². The molecule has 1 aliphatic rings. The molecule has 0 heterocycles. The van der Waals surface area contributed by atoms with E-state index < -0.39 is 20.1 Å². The van der Waals surface area contributed by atoms with E-state index in [1.54, 1.807) is 0 Å². The van der Waals surface area contributed by atoms with Gasteiger partial charge in [0.2, 0.25) is 0 Å². The Morgan fingerprint density at radius 1 is 1.08 bits per heavy atom. The standard InChI is InChI=1S/C10H22IN/c1-2-11(12)10-8-6-4-3-5-7-9-10/h10H,2-9,12H2,1H3. The SMILES string of the molecule is CCI(N)C1CCCCCCC1. The van der Waals surface area contributed by atoms with Gasteiger partial charge < -0.3 is 0 Å². The predicted molar refractivity (Wildman–Crippen MR) is 64.9 cm³/mol. The molecule has 0 aliphatic heterocycles. The van der Waals surface area contributed by atoms with Crippen molar-refractivity contribution < 1.29 is 0 Å².